The predicted molar refractivity (Wildman–Crippen MR) is 79.3 cm³/mol. The van der Waals surface area contributed by atoms with E-state index in [-0.39, 0.29) is 11.9 Å². The monoisotopic (exact) mass is 279 g/mol. The number of methoxy groups -OCH3 is 1. The number of esters is 1. The van der Waals surface area contributed by atoms with Gasteiger partial charge < -0.3 is 4.74 Å². The minimum absolute atomic E-state index is 0.0471. The SMILES string of the molecule is COC(=O)C1C(C2CCC(C)CC2)CC2CCC1N2C. The fourth-order valence-electron chi connectivity index (χ4n) is 5.17. The molecule has 2 aliphatic heterocycles. The zero-order chi connectivity index (χ0) is 14.3. The fraction of sp³-hybridized carbons (Fsp3) is 0.941. The van der Waals surface area contributed by atoms with Gasteiger partial charge in [0, 0.05) is 12.1 Å². The van der Waals surface area contributed by atoms with Gasteiger partial charge in [-0.1, -0.05) is 19.8 Å². The van der Waals surface area contributed by atoms with Crippen molar-refractivity contribution >= 4 is 5.97 Å². The van der Waals surface area contributed by atoms with Crippen molar-refractivity contribution < 1.29 is 9.53 Å². The van der Waals surface area contributed by atoms with Crippen LogP contribution in [0.2, 0.25) is 0 Å². The quantitative estimate of drug-likeness (QED) is 0.728. The number of hydrogen-bond acceptors (Lipinski definition) is 3. The Morgan fingerprint density at radius 1 is 1.10 bits per heavy atom. The second kappa shape index (κ2) is 5.67. The molecule has 0 N–H and O–H groups in total. The molecule has 3 rings (SSSR count). The van der Waals surface area contributed by atoms with Gasteiger partial charge in [0.25, 0.3) is 0 Å². The molecule has 1 saturated carbocycles. The number of carbonyl (C=O) groups is 1. The van der Waals surface area contributed by atoms with E-state index in [9.17, 15) is 4.79 Å². The van der Waals surface area contributed by atoms with E-state index < -0.39 is 0 Å². The Bertz CT molecular complexity index is 362. The van der Waals surface area contributed by atoms with Crippen LogP contribution in [0.4, 0.5) is 0 Å². The number of carbonyl (C=O) groups excluding carboxylic acids is 1. The Labute approximate surface area is 123 Å². The highest BCUT2D eigenvalue weighted by molar-refractivity contribution is 5.74. The van der Waals surface area contributed by atoms with Crippen LogP contribution < -0.4 is 0 Å². The molecular formula is C17H29NO2. The average molecular weight is 279 g/mol. The van der Waals surface area contributed by atoms with Gasteiger partial charge in [0.2, 0.25) is 0 Å². The van der Waals surface area contributed by atoms with Crippen LogP contribution in [0.15, 0.2) is 0 Å². The van der Waals surface area contributed by atoms with Crippen molar-refractivity contribution in [2.45, 2.75) is 64.0 Å². The summed E-state index contributed by atoms with van der Waals surface area (Å²) in [4.78, 5) is 14.8. The fourth-order valence-corrected chi connectivity index (χ4v) is 5.17. The molecule has 0 aromatic rings. The smallest absolute Gasteiger partial charge is 0.310 e. The summed E-state index contributed by atoms with van der Waals surface area (Å²) >= 11 is 0. The first-order valence-corrected chi connectivity index (χ1v) is 8.41. The van der Waals surface area contributed by atoms with Crippen LogP contribution in [0.3, 0.4) is 0 Å². The van der Waals surface area contributed by atoms with Crippen molar-refractivity contribution in [3.63, 3.8) is 0 Å². The second-order valence-corrected chi connectivity index (χ2v) is 7.43. The third-order valence-corrected chi connectivity index (χ3v) is 6.45. The van der Waals surface area contributed by atoms with Gasteiger partial charge in [0.05, 0.1) is 13.0 Å². The summed E-state index contributed by atoms with van der Waals surface area (Å²) in [6.45, 7) is 2.37. The van der Waals surface area contributed by atoms with Crippen molar-refractivity contribution in [2.75, 3.05) is 14.2 Å². The maximum Gasteiger partial charge on any atom is 0.310 e. The molecule has 0 spiro atoms. The molecule has 3 aliphatic rings. The highest BCUT2D eigenvalue weighted by Crippen LogP contribution is 2.48. The summed E-state index contributed by atoms with van der Waals surface area (Å²) in [5.74, 6) is 2.38. The van der Waals surface area contributed by atoms with E-state index in [1.54, 1.807) is 7.11 Å². The van der Waals surface area contributed by atoms with Crippen LogP contribution in [0.5, 0.6) is 0 Å². The summed E-state index contributed by atoms with van der Waals surface area (Å²) in [6, 6.07) is 1.15. The van der Waals surface area contributed by atoms with E-state index in [0.717, 1.165) is 11.8 Å². The van der Waals surface area contributed by atoms with Gasteiger partial charge in [-0.3, -0.25) is 9.69 Å². The third-order valence-electron chi connectivity index (χ3n) is 6.45. The van der Waals surface area contributed by atoms with Gasteiger partial charge in [-0.2, -0.15) is 0 Å². The van der Waals surface area contributed by atoms with Gasteiger partial charge in [-0.25, -0.2) is 0 Å². The molecule has 2 saturated heterocycles. The van der Waals surface area contributed by atoms with Crippen molar-refractivity contribution in [1.82, 2.24) is 4.90 Å². The topological polar surface area (TPSA) is 29.5 Å². The number of hydrogen-bond donors (Lipinski definition) is 0. The molecule has 4 unspecified atom stereocenters. The number of ether oxygens (including phenoxy) is 1. The third kappa shape index (κ3) is 2.38. The lowest BCUT2D eigenvalue weighted by Crippen LogP contribution is -2.52. The van der Waals surface area contributed by atoms with Crippen LogP contribution in [0, 0.1) is 23.7 Å². The van der Waals surface area contributed by atoms with Crippen LogP contribution in [0.25, 0.3) is 0 Å². The van der Waals surface area contributed by atoms with Gasteiger partial charge in [-0.15, -0.1) is 0 Å². The summed E-state index contributed by atoms with van der Waals surface area (Å²) in [5.41, 5.74) is 0. The molecule has 3 nitrogen and oxygen atoms in total. The van der Waals surface area contributed by atoms with E-state index >= 15 is 0 Å². The van der Waals surface area contributed by atoms with Gasteiger partial charge in [-0.05, 0) is 56.9 Å². The average Bonchev–Trinajstić information content (AvgIpc) is 2.70. The molecule has 1 aliphatic carbocycles. The highest BCUT2D eigenvalue weighted by Gasteiger charge is 2.51. The van der Waals surface area contributed by atoms with Crippen LogP contribution in [-0.4, -0.2) is 37.1 Å². The van der Waals surface area contributed by atoms with Crippen LogP contribution >= 0.6 is 0 Å². The van der Waals surface area contributed by atoms with E-state index in [4.69, 9.17) is 4.74 Å². The Kier molecular flexibility index (Phi) is 4.07. The minimum atomic E-state index is 0.0471. The van der Waals surface area contributed by atoms with Crippen LogP contribution in [-0.2, 0) is 9.53 Å². The Morgan fingerprint density at radius 2 is 1.80 bits per heavy atom. The van der Waals surface area contributed by atoms with Crippen LogP contribution in [0.1, 0.15) is 51.9 Å². The zero-order valence-electron chi connectivity index (χ0n) is 13.2. The Balaban J connectivity index is 1.79. The van der Waals surface area contributed by atoms with E-state index in [2.05, 4.69) is 18.9 Å². The van der Waals surface area contributed by atoms with E-state index in [0.29, 0.717) is 18.0 Å². The van der Waals surface area contributed by atoms with Crippen molar-refractivity contribution in [2.24, 2.45) is 23.7 Å². The van der Waals surface area contributed by atoms with E-state index in [1.165, 1.54) is 44.9 Å². The van der Waals surface area contributed by atoms with E-state index in [1.807, 2.05) is 0 Å². The van der Waals surface area contributed by atoms with Gasteiger partial charge in [0.15, 0.2) is 0 Å². The maximum atomic E-state index is 12.4. The number of piperidine rings is 1. The molecule has 0 aromatic heterocycles. The van der Waals surface area contributed by atoms with Crippen molar-refractivity contribution in [3.05, 3.63) is 0 Å². The molecule has 3 heteroatoms. The van der Waals surface area contributed by atoms with Crippen molar-refractivity contribution in [3.8, 4) is 0 Å². The molecule has 20 heavy (non-hydrogen) atoms. The standard InChI is InChI=1S/C17H29NO2/c1-11-4-6-12(7-5-11)14-10-13-8-9-15(18(13)2)16(14)17(19)20-3/h11-16H,4-10H2,1-3H3. The lowest BCUT2D eigenvalue weighted by atomic mass is 9.67. The molecule has 0 radical (unpaired) electrons. The number of fused-ring (bicyclic) bond motifs is 2. The summed E-state index contributed by atoms with van der Waals surface area (Å²) in [6.07, 6.45) is 9.01. The zero-order valence-corrected chi connectivity index (χ0v) is 13.2. The molecular weight excluding hydrogens is 250 g/mol. The minimum Gasteiger partial charge on any atom is -0.469 e. The molecule has 0 amide bonds. The molecule has 2 heterocycles. The lowest BCUT2D eigenvalue weighted by molar-refractivity contribution is -0.154. The first-order valence-electron chi connectivity index (χ1n) is 8.41. The summed E-state index contributed by atoms with van der Waals surface area (Å²) in [5, 5.41) is 0. The molecule has 3 fully saturated rings. The second-order valence-electron chi connectivity index (χ2n) is 7.43. The molecule has 2 bridgehead atoms. The first-order chi connectivity index (χ1) is 9.61. The Hall–Kier alpha value is -0.570. The largest absolute Gasteiger partial charge is 0.469 e. The molecule has 4 atom stereocenters. The number of rotatable bonds is 2. The van der Waals surface area contributed by atoms with Gasteiger partial charge in [0.1, 0.15) is 0 Å². The van der Waals surface area contributed by atoms with Crippen molar-refractivity contribution in [1.29, 1.82) is 0 Å². The van der Waals surface area contributed by atoms with Gasteiger partial charge >= 0.3 is 5.97 Å². The lowest BCUT2D eigenvalue weighted by Gasteiger charge is -2.46. The predicted octanol–water partition coefficient (Wildman–Crippen LogP) is 3.08. The molecule has 0 aromatic carbocycles. The number of nitrogens with zero attached hydrogens (tertiary/aromatic N) is 1. The normalized spacial score (nSPS) is 45.4. The maximum absolute atomic E-state index is 12.4. The first kappa shape index (κ1) is 14.4. The molecule has 114 valence electrons. The Morgan fingerprint density at radius 3 is 2.45 bits per heavy atom. The summed E-state index contributed by atoms with van der Waals surface area (Å²) in [7, 11) is 3.76. The highest BCUT2D eigenvalue weighted by atomic mass is 16.5. The summed E-state index contributed by atoms with van der Waals surface area (Å²) < 4.78 is 5.17.